The second-order valence-electron chi connectivity index (χ2n) is 8.12. The molecular formula is C23H19ClF4N4O4. The van der Waals surface area contributed by atoms with E-state index in [0.717, 1.165) is 16.8 Å². The number of nitrogens with zero attached hydrogens (tertiary/aromatic N) is 3. The number of fused-ring (bicyclic) bond motifs is 1. The molecule has 8 nitrogen and oxygen atoms in total. The lowest BCUT2D eigenvalue weighted by molar-refractivity contribution is -0.153. The van der Waals surface area contributed by atoms with Crippen molar-refractivity contribution in [1.29, 1.82) is 0 Å². The van der Waals surface area contributed by atoms with E-state index in [-0.39, 0.29) is 40.5 Å². The summed E-state index contributed by atoms with van der Waals surface area (Å²) >= 11 is 6.20. The van der Waals surface area contributed by atoms with Gasteiger partial charge < -0.3 is 10.4 Å². The lowest BCUT2D eigenvalue weighted by atomic mass is 10.1. The Kier molecular flexibility index (Phi) is 6.76. The molecule has 1 aliphatic rings. The van der Waals surface area contributed by atoms with Gasteiger partial charge in [-0.2, -0.15) is 13.2 Å². The Morgan fingerprint density at radius 1 is 1.28 bits per heavy atom. The fraction of sp³-hybridized carbons (Fsp3) is 0.304. The molecule has 0 radical (unpaired) electrons. The minimum Gasteiger partial charge on any atom is -0.383 e. The zero-order chi connectivity index (χ0) is 26.4. The monoisotopic (exact) mass is 526 g/mol. The molecule has 13 heteroatoms. The second-order valence-corrected chi connectivity index (χ2v) is 8.53. The molecule has 0 bridgehead atoms. The third kappa shape index (κ3) is 4.53. The van der Waals surface area contributed by atoms with Crippen molar-refractivity contribution in [3.8, 4) is 5.69 Å². The molecule has 0 unspecified atom stereocenters. The van der Waals surface area contributed by atoms with Gasteiger partial charge in [0.05, 0.1) is 10.4 Å². The van der Waals surface area contributed by atoms with E-state index in [1.807, 2.05) is 0 Å². The number of carbonyl (C=O) groups is 2. The Hall–Kier alpha value is -3.51. The van der Waals surface area contributed by atoms with Crippen LogP contribution in [0.5, 0.6) is 0 Å². The number of anilines is 1. The van der Waals surface area contributed by atoms with Crippen molar-refractivity contribution >= 4 is 40.3 Å². The number of aromatic nitrogens is 2. The minimum absolute atomic E-state index is 0.0463. The minimum atomic E-state index is -4.75. The number of carbonyl (C=O) groups excluding carboxylic acids is 2. The molecule has 3 heterocycles. The summed E-state index contributed by atoms with van der Waals surface area (Å²) in [6.45, 7) is 1.36. The van der Waals surface area contributed by atoms with Crippen molar-refractivity contribution in [1.82, 2.24) is 14.9 Å². The summed E-state index contributed by atoms with van der Waals surface area (Å²) < 4.78 is 55.5. The number of hydrogen-bond donors (Lipinski definition) is 2. The van der Waals surface area contributed by atoms with E-state index in [4.69, 9.17) is 11.6 Å². The Morgan fingerprint density at radius 2 is 2.00 bits per heavy atom. The summed E-state index contributed by atoms with van der Waals surface area (Å²) in [5.74, 6) is -2.74. The first-order chi connectivity index (χ1) is 16.9. The number of nitrogens with one attached hydrogen (secondary N) is 1. The molecular weight excluding hydrogens is 508 g/mol. The van der Waals surface area contributed by atoms with Crippen LogP contribution < -0.4 is 15.6 Å². The van der Waals surface area contributed by atoms with Crippen LogP contribution in [0.3, 0.4) is 0 Å². The SMILES string of the molecule is CC[C@@H](NC(=O)c1cn(-c2c(F)cccc2Cl)c2nc(N3CC[C@@H](O)C3=O)ccc2c1=O)C(F)(F)F. The predicted molar refractivity (Wildman–Crippen MR) is 123 cm³/mol. The molecule has 2 N–H and O–H groups in total. The first-order valence-electron chi connectivity index (χ1n) is 10.8. The number of para-hydroxylation sites is 1. The molecule has 4 rings (SSSR count). The summed E-state index contributed by atoms with van der Waals surface area (Å²) in [5.41, 5.74) is -2.14. The number of hydrogen-bond acceptors (Lipinski definition) is 5. The molecule has 0 saturated carbocycles. The van der Waals surface area contributed by atoms with Crippen LogP contribution in [0.2, 0.25) is 5.02 Å². The lowest BCUT2D eigenvalue weighted by Gasteiger charge is -2.21. The maximum atomic E-state index is 14.9. The van der Waals surface area contributed by atoms with Gasteiger partial charge in [-0.3, -0.25) is 23.9 Å². The lowest BCUT2D eigenvalue weighted by Crippen LogP contribution is -2.46. The first-order valence-corrected chi connectivity index (χ1v) is 11.2. The quantitative estimate of drug-likeness (QED) is 0.496. The number of benzene rings is 1. The van der Waals surface area contributed by atoms with Gasteiger partial charge in [0.2, 0.25) is 5.43 Å². The van der Waals surface area contributed by atoms with Gasteiger partial charge in [-0.25, -0.2) is 9.37 Å². The summed E-state index contributed by atoms with van der Waals surface area (Å²) in [6, 6.07) is 4.02. The van der Waals surface area contributed by atoms with E-state index in [9.17, 15) is 37.1 Å². The van der Waals surface area contributed by atoms with Gasteiger partial charge in [0, 0.05) is 19.2 Å². The normalized spacial score (nSPS) is 17.0. The molecule has 0 aliphatic carbocycles. The van der Waals surface area contributed by atoms with Crippen LogP contribution in [-0.2, 0) is 4.79 Å². The van der Waals surface area contributed by atoms with Gasteiger partial charge in [0.15, 0.2) is 5.65 Å². The van der Waals surface area contributed by atoms with Gasteiger partial charge in [-0.1, -0.05) is 24.6 Å². The smallest absolute Gasteiger partial charge is 0.383 e. The predicted octanol–water partition coefficient (Wildman–Crippen LogP) is 3.35. The molecule has 190 valence electrons. The molecule has 1 aliphatic heterocycles. The zero-order valence-electron chi connectivity index (χ0n) is 18.6. The van der Waals surface area contributed by atoms with Crippen LogP contribution >= 0.6 is 11.6 Å². The van der Waals surface area contributed by atoms with Gasteiger partial charge in [-0.05, 0) is 30.7 Å². The van der Waals surface area contributed by atoms with Gasteiger partial charge in [-0.15, -0.1) is 0 Å². The van der Waals surface area contributed by atoms with Crippen LogP contribution in [0, 0.1) is 5.82 Å². The standard InChI is InChI=1S/C23H19ClF4N4O4/c1-2-16(23(26,27)28)29-21(35)12-10-32(18-13(24)4-3-5-14(18)25)20-11(19(12)34)6-7-17(30-20)31-9-8-15(33)22(31)36/h3-7,10,15-16,33H,2,8-9H2,1H3,(H,29,35)/t15-,16-/m1/s1. The summed E-state index contributed by atoms with van der Waals surface area (Å²) in [7, 11) is 0. The van der Waals surface area contributed by atoms with Crippen molar-refractivity contribution in [3.63, 3.8) is 0 Å². The number of alkyl halides is 3. The van der Waals surface area contributed by atoms with E-state index >= 15 is 0 Å². The Balaban J connectivity index is 1.95. The van der Waals surface area contributed by atoms with Crippen molar-refractivity contribution in [2.75, 3.05) is 11.4 Å². The number of pyridine rings is 2. The first kappa shape index (κ1) is 25.6. The largest absolute Gasteiger partial charge is 0.408 e. The summed E-state index contributed by atoms with van der Waals surface area (Å²) in [5, 5.41) is 11.2. The Morgan fingerprint density at radius 3 is 2.58 bits per heavy atom. The fourth-order valence-corrected chi connectivity index (χ4v) is 4.19. The second kappa shape index (κ2) is 9.51. The molecule has 2 aromatic heterocycles. The fourth-order valence-electron chi connectivity index (χ4n) is 3.94. The maximum absolute atomic E-state index is 14.9. The van der Waals surface area contributed by atoms with Crippen LogP contribution in [0.25, 0.3) is 16.7 Å². The highest BCUT2D eigenvalue weighted by atomic mass is 35.5. The van der Waals surface area contributed by atoms with Gasteiger partial charge in [0.25, 0.3) is 11.8 Å². The maximum Gasteiger partial charge on any atom is 0.408 e. The van der Waals surface area contributed by atoms with Gasteiger partial charge >= 0.3 is 6.18 Å². The van der Waals surface area contributed by atoms with Crippen LogP contribution in [-0.4, -0.2) is 51.3 Å². The third-order valence-corrected chi connectivity index (χ3v) is 6.13. The van der Waals surface area contributed by atoms with Crippen molar-refractivity contribution in [2.24, 2.45) is 0 Å². The number of amides is 2. The molecule has 36 heavy (non-hydrogen) atoms. The van der Waals surface area contributed by atoms with Gasteiger partial charge in [0.1, 0.15) is 35.0 Å². The zero-order valence-corrected chi connectivity index (χ0v) is 19.4. The number of halogens is 5. The van der Waals surface area contributed by atoms with E-state index in [1.165, 1.54) is 36.1 Å². The third-order valence-electron chi connectivity index (χ3n) is 5.82. The number of rotatable bonds is 5. The average molecular weight is 527 g/mol. The molecule has 0 spiro atoms. The van der Waals surface area contributed by atoms with Crippen LogP contribution in [0.15, 0.2) is 41.3 Å². The number of aliphatic hydroxyl groups is 1. The average Bonchev–Trinajstić information content (AvgIpc) is 3.15. The molecule has 2 amide bonds. The highest BCUT2D eigenvalue weighted by Crippen LogP contribution is 2.29. The summed E-state index contributed by atoms with van der Waals surface area (Å²) in [6.07, 6.45) is -5.43. The van der Waals surface area contributed by atoms with Crippen molar-refractivity contribution in [2.45, 2.75) is 38.1 Å². The van der Waals surface area contributed by atoms with E-state index in [0.29, 0.717) is 0 Å². The topological polar surface area (TPSA) is 105 Å². The Labute approximate surface area is 206 Å². The van der Waals surface area contributed by atoms with E-state index in [2.05, 4.69) is 4.98 Å². The van der Waals surface area contributed by atoms with Crippen molar-refractivity contribution in [3.05, 3.63) is 63.2 Å². The molecule has 1 aromatic carbocycles. The van der Waals surface area contributed by atoms with Crippen molar-refractivity contribution < 1.29 is 32.3 Å². The van der Waals surface area contributed by atoms with E-state index < -0.39 is 53.4 Å². The van der Waals surface area contributed by atoms with Crippen LogP contribution in [0.1, 0.15) is 30.1 Å². The molecule has 2 atom stereocenters. The number of aliphatic hydroxyl groups excluding tert-OH is 1. The summed E-state index contributed by atoms with van der Waals surface area (Å²) in [4.78, 5) is 43.7. The van der Waals surface area contributed by atoms with E-state index in [1.54, 1.807) is 5.32 Å². The van der Waals surface area contributed by atoms with Crippen LogP contribution in [0.4, 0.5) is 23.4 Å². The Bertz CT molecular complexity index is 1410. The highest BCUT2D eigenvalue weighted by Gasteiger charge is 2.40. The molecule has 3 aromatic rings. The molecule has 1 fully saturated rings. The molecule has 1 saturated heterocycles. The highest BCUT2D eigenvalue weighted by molar-refractivity contribution is 6.32.